The molecule has 10 nitrogen and oxygen atoms in total. The number of carbonyl (C=O) groups excluding carboxylic acids is 1. The zero-order valence-electron chi connectivity index (χ0n) is 23.9. The minimum atomic E-state index is -4.74. The Kier molecular flexibility index (Phi) is 10.2. The standard InChI is InChI=1S/C29H37F4N5O5/c1-40-26-25(28(39)38-12-9-19(10-13-38)37-23-11-14-41-16-22(23)30)35-17-36-27(26)34-15-21-3-2-4-24(42-21)18-5-7-20(8-6-18)43-29(31,32)33/h5-8,17,19,21-24,37H,2-4,9-16H2,1H3,(H,34,35,36). The number of nitrogens with zero attached hydrogens (tertiary/aromatic N) is 3. The Labute approximate surface area is 247 Å². The molecule has 3 aliphatic rings. The maximum absolute atomic E-state index is 14.2. The normalized spacial score (nSPS) is 25.3. The number of piperidine rings is 1. The summed E-state index contributed by atoms with van der Waals surface area (Å²) >= 11 is 0. The van der Waals surface area contributed by atoms with Crippen molar-refractivity contribution in [2.45, 2.75) is 75.4 Å². The minimum Gasteiger partial charge on any atom is -0.491 e. The predicted octanol–water partition coefficient (Wildman–Crippen LogP) is 4.43. The summed E-state index contributed by atoms with van der Waals surface area (Å²) in [6, 6.07) is 5.62. The van der Waals surface area contributed by atoms with Crippen molar-refractivity contribution in [2.24, 2.45) is 0 Å². The summed E-state index contributed by atoms with van der Waals surface area (Å²) in [6.07, 6.45) is -0.511. The average Bonchev–Trinajstić information content (AvgIpc) is 3.00. The van der Waals surface area contributed by atoms with Crippen LogP contribution < -0.4 is 20.1 Å². The van der Waals surface area contributed by atoms with Crippen LogP contribution in [0.3, 0.4) is 0 Å². The van der Waals surface area contributed by atoms with Gasteiger partial charge in [-0.1, -0.05) is 12.1 Å². The molecule has 3 saturated heterocycles. The van der Waals surface area contributed by atoms with Crippen LogP contribution in [0.1, 0.15) is 60.7 Å². The van der Waals surface area contributed by atoms with Crippen LogP contribution in [0.15, 0.2) is 30.6 Å². The zero-order valence-corrected chi connectivity index (χ0v) is 23.9. The Balaban J connectivity index is 1.15. The number of nitrogens with one attached hydrogen (secondary N) is 2. The number of ether oxygens (including phenoxy) is 4. The number of anilines is 1. The maximum Gasteiger partial charge on any atom is 0.573 e. The molecule has 0 radical (unpaired) electrons. The molecule has 4 atom stereocenters. The third-order valence-electron chi connectivity index (χ3n) is 8.06. The van der Waals surface area contributed by atoms with E-state index in [4.69, 9.17) is 14.2 Å². The quantitative estimate of drug-likeness (QED) is 0.399. The molecule has 1 amide bonds. The highest BCUT2D eigenvalue weighted by Gasteiger charge is 2.33. The van der Waals surface area contributed by atoms with E-state index in [1.807, 2.05) is 0 Å². The second-order valence-corrected chi connectivity index (χ2v) is 11.0. The van der Waals surface area contributed by atoms with Gasteiger partial charge >= 0.3 is 6.36 Å². The first kappa shape index (κ1) is 31.2. The summed E-state index contributed by atoms with van der Waals surface area (Å²) in [4.78, 5) is 23.7. The molecule has 2 N–H and O–H groups in total. The lowest BCUT2D eigenvalue weighted by molar-refractivity contribution is -0.274. The van der Waals surface area contributed by atoms with Crippen LogP contribution in [0.5, 0.6) is 11.5 Å². The van der Waals surface area contributed by atoms with Crippen molar-refractivity contribution < 1.29 is 41.3 Å². The molecule has 0 saturated carbocycles. The van der Waals surface area contributed by atoms with E-state index in [0.29, 0.717) is 51.3 Å². The van der Waals surface area contributed by atoms with E-state index < -0.39 is 12.5 Å². The molecule has 4 unspecified atom stereocenters. The fraction of sp³-hybridized carbons (Fsp3) is 0.621. The van der Waals surface area contributed by atoms with Crippen LogP contribution in [0.25, 0.3) is 0 Å². The SMILES string of the molecule is COc1c(NCC2CCCC(c3ccc(OC(F)(F)F)cc3)O2)ncnc1C(=O)N1CCC(NC2CCOCC2F)CC1. The fourth-order valence-electron chi connectivity index (χ4n) is 5.83. The Morgan fingerprint density at radius 2 is 1.86 bits per heavy atom. The molecule has 0 bridgehead atoms. The number of benzene rings is 1. The molecule has 3 fully saturated rings. The Morgan fingerprint density at radius 3 is 2.56 bits per heavy atom. The van der Waals surface area contributed by atoms with E-state index in [1.54, 1.807) is 17.0 Å². The van der Waals surface area contributed by atoms with Crippen LogP contribution >= 0.6 is 0 Å². The summed E-state index contributed by atoms with van der Waals surface area (Å²) in [5.74, 6) is 0.0627. The molecule has 2 aromatic rings. The second kappa shape index (κ2) is 14.0. The van der Waals surface area contributed by atoms with Gasteiger partial charge in [-0.25, -0.2) is 14.4 Å². The summed E-state index contributed by atoms with van der Waals surface area (Å²) in [6.45, 7) is 2.06. The average molecular weight is 612 g/mol. The lowest BCUT2D eigenvalue weighted by atomic mass is 9.98. The van der Waals surface area contributed by atoms with Crippen LogP contribution in [0.2, 0.25) is 0 Å². The van der Waals surface area contributed by atoms with Crippen molar-refractivity contribution in [1.29, 1.82) is 0 Å². The molecule has 43 heavy (non-hydrogen) atoms. The van der Waals surface area contributed by atoms with Gasteiger partial charge in [-0.05, 0) is 56.2 Å². The summed E-state index contributed by atoms with van der Waals surface area (Å²) < 4.78 is 72.5. The molecule has 1 aromatic carbocycles. The number of methoxy groups -OCH3 is 1. The number of alkyl halides is 4. The van der Waals surface area contributed by atoms with E-state index in [2.05, 4.69) is 25.3 Å². The summed E-state index contributed by atoms with van der Waals surface area (Å²) in [5, 5.41) is 6.62. The Bertz CT molecular complexity index is 1210. The van der Waals surface area contributed by atoms with Gasteiger partial charge in [0.1, 0.15) is 18.2 Å². The monoisotopic (exact) mass is 611 g/mol. The van der Waals surface area contributed by atoms with Crippen molar-refractivity contribution in [2.75, 3.05) is 45.3 Å². The molecular weight excluding hydrogens is 574 g/mol. The van der Waals surface area contributed by atoms with Gasteiger partial charge in [0.2, 0.25) is 0 Å². The number of aromatic nitrogens is 2. The zero-order chi connectivity index (χ0) is 30.4. The maximum atomic E-state index is 14.2. The van der Waals surface area contributed by atoms with Gasteiger partial charge in [0.15, 0.2) is 17.3 Å². The van der Waals surface area contributed by atoms with Crippen LogP contribution in [0, 0.1) is 0 Å². The largest absolute Gasteiger partial charge is 0.573 e. The third kappa shape index (κ3) is 8.24. The first-order chi connectivity index (χ1) is 20.7. The third-order valence-corrected chi connectivity index (χ3v) is 8.06. The highest BCUT2D eigenvalue weighted by molar-refractivity contribution is 5.96. The Hall–Kier alpha value is -3.23. The molecule has 5 rings (SSSR count). The Morgan fingerprint density at radius 1 is 1.09 bits per heavy atom. The molecule has 0 spiro atoms. The number of carbonyl (C=O) groups is 1. The number of rotatable bonds is 9. The van der Waals surface area contributed by atoms with Gasteiger partial charge in [0.25, 0.3) is 5.91 Å². The first-order valence-electron chi connectivity index (χ1n) is 14.6. The van der Waals surface area contributed by atoms with E-state index in [9.17, 15) is 22.4 Å². The van der Waals surface area contributed by atoms with Crippen molar-refractivity contribution in [3.63, 3.8) is 0 Å². The van der Waals surface area contributed by atoms with Crippen LogP contribution in [-0.2, 0) is 9.47 Å². The number of halogens is 4. The topological polar surface area (TPSA) is 107 Å². The second-order valence-electron chi connectivity index (χ2n) is 11.0. The number of hydrogen-bond donors (Lipinski definition) is 2. The molecule has 0 aliphatic carbocycles. The molecule has 4 heterocycles. The lowest BCUT2D eigenvalue weighted by Gasteiger charge is -2.36. The summed E-state index contributed by atoms with van der Waals surface area (Å²) in [5.41, 5.74) is 0.922. The molecule has 3 aliphatic heterocycles. The molecule has 236 valence electrons. The van der Waals surface area contributed by atoms with Gasteiger partial charge in [-0.15, -0.1) is 13.2 Å². The highest BCUT2D eigenvalue weighted by Crippen LogP contribution is 2.34. The van der Waals surface area contributed by atoms with Gasteiger partial charge in [0, 0.05) is 38.3 Å². The summed E-state index contributed by atoms with van der Waals surface area (Å²) in [7, 11) is 1.46. The lowest BCUT2D eigenvalue weighted by Crippen LogP contribution is -2.52. The van der Waals surface area contributed by atoms with Crippen LogP contribution in [-0.4, -0.2) is 91.5 Å². The molecule has 14 heteroatoms. The van der Waals surface area contributed by atoms with Crippen molar-refractivity contribution in [3.05, 3.63) is 41.9 Å². The first-order valence-corrected chi connectivity index (χ1v) is 14.6. The number of amides is 1. The van der Waals surface area contributed by atoms with Crippen LogP contribution in [0.4, 0.5) is 23.4 Å². The highest BCUT2D eigenvalue weighted by atomic mass is 19.4. The van der Waals surface area contributed by atoms with Crippen molar-refractivity contribution in [1.82, 2.24) is 20.2 Å². The number of hydrogen-bond acceptors (Lipinski definition) is 9. The van der Waals surface area contributed by atoms with Gasteiger partial charge in [-0.3, -0.25) is 4.79 Å². The smallest absolute Gasteiger partial charge is 0.491 e. The van der Waals surface area contributed by atoms with Gasteiger partial charge in [-0.2, -0.15) is 0 Å². The molecule has 1 aromatic heterocycles. The molecular formula is C29H37F4N5O5. The number of likely N-dealkylation sites (tertiary alicyclic amines) is 1. The van der Waals surface area contributed by atoms with Gasteiger partial charge in [0.05, 0.1) is 25.9 Å². The van der Waals surface area contributed by atoms with E-state index in [1.165, 1.54) is 25.6 Å². The van der Waals surface area contributed by atoms with Crippen molar-refractivity contribution >= 4 is 11.7 Å². The fourth-order valence-corrected chi connectivity index (χ4v) is 5.83. The van der Waals surface area contributed by atoms with E-state index >= 15 is 0 Å². The van der Waals surface area contributed by atoms with E-state index in [-0.39, 0.29) is 54.0 Å². The minimum absolute atomic E-state index is 0.115. The predicted molar refractivity (Wildman–Crippen MR) is 148 cm³/mol. The van der Waals surface area contributed by atoms with Gasteiger partial charge < -0.3 is 34.5 Å². The van der Waals surface area contributed by atoms with E-state index in [0.717, 1.165) is 24.8 Å². The van der Waals surface area contributed by atoms with Crippen molar-refractivity contribution in [3.8, 4) is 11.5 Å².